The van der Waals surface area contributed by atoms with Gasteiger partial charge in [0, 0.05) is 36.7 Å². The molecular weight excluding hydrogens is 446 g/mol. The van der Waals surface area contributed by atoms with Crippen LogP contribution in [0.1, 0.15) is 16.2 Å². The summed E-state index contributed by atoms with van der Waals surface area (Å²) in [4.78, 5) is 16.6. The van der Waals surface area contributed by atoms with Gasteiger partial charge in [-0.1, -0.05) is 12.1 Å². The summed E-state index contributed by atoms with van der Waals surface area (Å²) in [5.41, 5.74) is 0.995. The monoisotopic (exact) mass is 462 g/mol. The summed E-state index contributed by atoms with van der Waals surface area (Å²) < 4.78 is 28.9. The Kier molecular flexibility index (Phi) is 5.63. The molecule has 29 heavy (non-hydrogen) atoms. The molecule has 0 bridgehead atoms. The van der Waals surface area contributed by atoms with Crippen LogP contribution in [0.4, 0.5) is 8.78 Å². The number of halogens is 3. The molecule has 7 nitrogen and oxygen atoms in total. The quantitative estimate of drug-likeness (QED) is 0.596. The van der Waals surface area contributed by atoms with Crippen molar-refractivity contribution in [3.05, 3.63) is 70.0 Å². The fraction of sp³-hybridized carbons (Fsp3) is 0.263. The van der Waals surface area contributed by atoms with E-state index in [0.29, 0.717) is 49.8 Å². The smallest absolute Gasteiger partial charge is 0.255 e. The third-order valence-corrected chi connectivity index (χ3v) is 5.50. The first-order chi connectivity index (χ1) is 14.0. The molecule has 0 spiro atoms. The van der Waals surface area contributed by atoms with E-state index in [2.05, 4.69) is 36.4 Å². The van der Waals surface area contributed by atoms with E-state index in [9.17, 15) is 13.6 Å². The first kappa shape index (κ1) is 19.6. The molecule has 1 aliphatic heterocycles. The van der Waals surface area contributed by atoms with Gasteiger partial charge in [0.05, 0.1) is 17.8 Å². The molecule has 1 aliphatic rings. The number of benzene rings is 2. The predicted molar refractivity (Wildman–Crippen MR) is 104 cm³/mol. The van der Waals surface area contributed by atoms with E-state index in [1.165, 1.54) is 10.7 Å². The van der Waals surface area contributed by atoms with Crippen molar-refractivity contribution < 1.29 is 13.6 Å². The molecule has 1 amide bonds. The minimum atomic E-state index is -0.955. The number of amides is 1. The van der Waals surface area contributed by atoms with Crippen molar-refractivity contribution >= 4 is 21.8 Å². The summed E-state index contributed by atoms with van der Waals surface area (Å²) in [6, 6.07) is 10.9. The second-order valence-corrected chi connectivity index (χ2v) is 7.51. The fourth-order valence-corrected chi connectivity index (χ4v) is 3.69. The summed E-state index contributed by atoms with van der Waals surface area (Å²) >= 11 is 3.42. The molecule has 1 fully saturated rings. The molecule has 2 heterocycles. The van der Waals surface area contributed by atoms with Crippen molar-refractivity contribution in [3.63, 3.8) is 0 Å². The zero-order valence-corrected chi connectivity index (χ0v) is 16.9. The lowest BCUT2D eigenvalue weighted by atomic mass is 10.2. The largest absolute Gasteiger partial charge is 0.336 e. The molecule has 4 rings (SSSR count). The van der Waals surface area contributed by atoms with Gasteiger partial charge in [-0.25, -0.2) is 8.78 Å². The Morgan fingerprint density at radius 1 is 1.03 bits per heavy atom. The van der Waals surface area contributed by atoms with Crippen molar-refractivity contribution in [1.29, 1.82) is 0 Å². The average molecular weight is 463 g/mol. The van der Waals surface area contributed by atoms with E-state index in [1.54, 1.807) is 6.07 Å². The lowest BCUT2D eigenvalue weighted by molar-refractivity contribution is 0.0623. The lowest BCUT2D eigenvalue weighted by Crippen LogP contribution is -2.48. The van der Waals surface area contributed by atoms with Crippen molar-refractivity contribution in [2.45, 2.75) is 6.54 Å². The van der Waals surface area contributed by atoms with Crippen LogP contribution < -0.4 is 0 Å². The summed E-state index contributed by atoms with van der Waals surface area (Å²) in [6.45, 7) is 2.89. The van der Waals surface area contributed by atoms with Gasteiger partial charge in [0.1, 0.15) is 0 Å². The molecule has 1 aromatic heterocycles. The number of hydrogen-bond donors (Lipinski definition) is 0. The number of piperazine rings is 1. The number of carbonyl (C=O) groups is 1. The molecule has 150 valence electrons. The zero-order valence-electron chi connectivity index (χ0n) is 15.3. The fourth-order valence-electron chi connectivity index (χ4n) is 3.24. The molecule has 3 aromatic rings. The Hall–Kier alpha value is -2.72. The summed E-state index contributed by atoms with van der Waals surface area (Å²) in [7, 11) is 0. The second kappa shape index (κ2) is 8.34. The second-order valence-electron chi connectivity index (χ2n) is 6.65. The van der Waals surface area contributed by atoms with Gasteiger partial charge in [0.15, 0.2) is 17.5 Å². The van der Waals surface area contributed by atoms with E-state index in [4.69, 9.17) is 0 Å². The van der Waals surface area contributed by atoms with Crippen LogP contribution >= 0.6 is 15.9 Å². The van der Waals surface area contributed by atoms with Crippen molar-refractivity contribution in [3.8, 4) is 5.69 Å². The van der Waals surface area contributed by atoms with Crippen LogP contribution in [0.3, 0.4) is 0 Å². The van der Waals surface area contributed by atoms with E-state index in [1.807, 2.05) is 23.1 Å². The molecule has 0 N–H and O–H groups in total. The van der Waals surface area contributed by atoms with Gasteiger partial charge in [-0.15, -0.1) is 5.10 Å². The highest BCUT2D eigenvalue weighted by molar-refractivity contribution is 9.10. The maximum Gasteiger partial charge on any atom is 0.255 e. The molecule has 0 radical (unpaired) electrons. The van der Waals surface area contributed by atoms with E-state index in [0.717, 1.165) is 16.6 Å². The standard InChI is InChI=1S/C19H17BrF2N6O/c20-15-4-2-1-3-14(15)19(29)27-9-7-26(8-10-27)12-18-23-24-25-28(18)13-5-6-16(21)17(22)11-13/h1-6,11H,7-10,12H2. The maximum atomic E-state index is 13.5. The molecule has 0 atom stereocenters. The first-order valence-corrected chi connectivity index (χ1v) is 9.81. The van der Waals surface area contributed by atoms with Gasteiger partial charge in [0.25, 0.3) is 5.91 Å². The Labute approximate surface area is 174 Å². The molecule has 2 aromatic carbocycles. The topological polar surface area (TPSA) is 67.2 Å². The maximum absolute atomic E-state index is 13.5. The van der Waals surface area contributed by atoms with E-state index in [-0.39, 0.29) is 5.91 Å². The van der Waals surface area contributed by atoms with E-state index >= 15 is 0 Å². The van der Waals surface area contributed by atoms with Crippen LogP contribution in [0.15, 0.2) is 46.9 Å². The van der Waals surface area contributed by atoms with Crippen LogP contribution in [0.5, 0.6) is 0 Å². The lowest BCUT2D eigenvalue weighted by Gasteiger charge is -2.34. The summed E-state index contributed by atoms with van der Waals surface area (Å²) in [5, 5.41) is 11.6. The zero-order chi connectivity index (χ0) is 20.4. The van der Waals surface area contributed by atoms with Crippen LogP contribution in [0, 0.1) is 11.6 Å². The third kappa shape index (κ3) is 4.18. The predicted octanol–water partition coefficient (Wildman–Crippen LogP) is 2.66. The Bertz CT molecular complexity index is 1040. The van der Waals surface area contributed by atoms with Crippen LogP contribution in [0.25, 0.3) is 5.69 Å². The van der Waals surface area contributed by atoms with E-state index < -0.39 is 11.6 Å². The SMILES string of the molecule is O=C(c1ccccc1Br)N1CCN(Cc2nnnn2-c2ccc(F)c(F)c2)CC1. The van der Waals surface area contributed by atoms with Crippen molar-refractivity contribution in [1.82, 2.24) is 30.0 Å². The van der Waals surface area contributed by atoms with Crippen LogP contribution in [0.2, 0.25) is 0 Å². The average Bonchev–Trinajstić information content (AvgIpc) is 3.18. The number of hydrogen-bond acceptors (Lipinski definition) is 5. The highest BCUT2D eigenvalue weighted by Gasteiger charge is 2.24. The van der Waals surface area contributed by atoms with Crippen molar-refractivity contribution in [2.75, 3.05) is 26.2 Å². The van der Waals surface area contributed by atoms with Crippen LogP contribution in [-0.4, -0.2) is 62.1 Å². The Morgan fingerprint density at radius 2 is 1.79 bits per heavy atom. The Balaban J connectivity index is 1.41. The van der Waals surface area contributed by atoms with Gasteiger partial charge in [-0.3, -0.25) is 9.69 Å². The molecular formula is C19H17BrF2N6O. The summed E-state index contributed by atoms with van der Waals surface area (Å²) in [5.74, 6) is -1.37. The first-order valence-electron chi connectivity index (χ1n) is 9.02. The highest BCUT2D eigenvalue weighted by atomic mass is 79.9. The number of tetrazole rings is 1. The summed E-state index contributed by atoms with van der Waals surface area (Å²) in [6.07, 6.45) is 0. The number of rotatable bonds is 4. The Morgan fingerprint density at radius 3 is 2.52 bits per heavy atom. The molecule has 0 saturated carbocycles. The molecule has 0 unspecified atom stereocenters. The van der Waals surface area contributed by atoms with Crippen LogP contribution in [-0.2, 0) is 6.54 Å². The molecule has 0 aliphatic carbocycles. The molecule has 10 heteroatoms. The third-order valence-electron chi connectivity index (χ3n) is 4.81. The number of carbonyl (C=O) groups excluding carboxylic acids is 1. The normalized spacial score (nSPS) is 14.9. The minimum absolute atomic E-state index is 0.0104. The number of nitrogens with zero attached hydrogens (tertiary/aromatic N) is 6. The number of aromatic nitrogens is 4. The van der Waals surface area contributed by atoms with Gasteiger partial charge in [-0.05, 0) is 50.6 Å². The van der Waals surface area contributed by atoms with Gasteiger partial charge < -0.3 is 4.90 Å². The highest BCUT2D eigenvalue weighted by Crippen LogP contribution is 2.19. The molecule has 1 saturated heterocycles. The van der Waals surface area contributed by atoms with Gasteiger partial charge in [0.2, 0.25) is 0 Å². The van der Waals surface area contributed by atoms with Gasteiger partial charge in [-0.2, -0.15) is 4.68 Å². The van der Waals surface area contributed by atoms with Crippen molar-refractivity contribution in [2.24, 2.45) is 0 Å². The minimum Gasteiger partial charge on any atom is -0.336 e. The van der Waals surface area contributed by atoms with Gasteiger partial charge >= 0.3 is 0 Å².